The smallest absolute Gasteiger partial charge is 0.249 e. The van der Waals surface area contributed by atoms with Crippen molar-refractivity contribution in [2.24, 2.45) is 5.92 Å². The lowest BCUT2D eigenvalue weighted by molar-refractivity contribution is -0.119. The van der Waals surface area contributed by atoms with Crippen molar-refractivity contribution in [3.05, 3.63) is 42.3 Å². The number of carbonyl (C=O) groups is 1. The third-order valence-corrected chi connectivity index (χ3v) is 5.79. The number of carbonyl (C=O) groups excluding carboxylic acids is 1. The van der Waals surface area contributed by atoms with E-state index >= 15 is 0 Å². The minimum absolute atomic E-state index is 0.120. The topological polar surface area (TPSA) is 108 Å². The first-order valence-corrected chi connectivity index (χ1v) is 10.8. The summed E-state index contributed by atoms with van der Waals surface area (Å²) in [6.45, 7) is 4.03. The van der Waals surface area contributed by atoms with Crippen LogP contribution in [-0.2, 0) is 4.79 Å². The predicted molar refractivity (Wildman–Crippen MR) is 111 cm³/mol. The van der Waals surface area contributed by atoms with E-state index in [0.29, 0.717) is 17.0 Å². The molecule has 9 nitrogen and oxygen atoms in total. The Hall–Kier alpha value is -2.88. The molecule has 1 aromatic carbocycles. The number of amides is 1. The summed E-state index contributed by atoms with van der Waals surface area (Å²) in [6.07, 6.45) is 3.82. The van der Waals surface area contributed by atoms with Gasteiger partial charge in [-0.2, -0.15) is 4.98 Å². The first kappa shape index (κ1) is 20.4. The molecule has 1 N–H and O–H groups in total. The zero-order valence-electron chi connectivity index (χ0n) is 17.1. The molecule has 1 atom stereocenters. The highest BCUT2D eigenvalue weighted by molar-refractivity contribution is 7.99. The molecule has 3 aromatic rings. The molecule has 1 unspecified atom stereocenters. The van der Waals surface area contributed by atoms with Gasteiger partial charge in [0.15, 0.2) is 11.0 Å². The molecule has 2 aromatic heterocycles. The average molecular weight is 429 g/mol. The monoisotopic (exact) mass is 428 g/mol. The first-order chi connectivity index (χ1) is 14.5. The van der Waals surface area contributed by atoms with Gasteiger partial charge in [-0.3, -0.25) is 9.36 Å². The van der Waals surface area contributed by atoms with Crippen molar-refractivity contribution in [1.29, 1.82) is 0 Å². The Balaban J connectivity index is 1.38. The number of ether oxygens (including phenoxy) is 1. The fraction of sp³-hybridized carbons (Fsp3) is 0.450. The third kappa shape index (κ3) is 4.64. The second-order valence-corrected chi connectivity index (χ2v) is 8.47. The van der Waals surface area contributed by atoms with Crippen molar-refractivity contribution < 1.29 is 14.1 Å². The normalized spacial score (nSPS) is 14.7. The molecule has 1 fully saturated rings. The summed E-state index contributed by atoms with van der Waals surface area (Å²) in [5.74, 6) is 2.57. The van der Waals surface area contributed by atoms with Gasteiger partial charge in [-0.25, -0.2) is 0 Å². The van der Waals surface area contributed by atoms with Crippen LogP contribution in [0.25, 0.3) is 5.69 Å². The molecule has 0 aliphatic heterocycles. The predicted octanol–water partition coefficient (Wildman–Crippen LogP) is 3.14. The minimum atomic E-state index is -0.322. The van der Waals surface area contributed by atoms with E-state index in [1.54, 1.807) is 13.4 Å². The van der Waals surface area contributed by atoms with Crippen LogP contribution < -0.4 is 10.1 Å². The van der Waals surface area contributed by atoms with Gasteiger partial charge in [0.05, 0.1) is 12.9 Å². The Morgan fingerprint density at radius 2 is 2.10 bits per heavy atom. The van der Waals surface area contributed by atoms with Crippen molar-refractivity contribution in [1.82, 2.24) is 30.2 Å². The number of nitrogens with zero attached hydrogens (tertiary/aromatic N) is 5. The lowest BCUT2D eigenvalue weighted by Gasteiger charge is -2.18. The average Bonchev–Trinajstić information content (AvgIpc) is 3.30. The van der Waals surface area contributed by atoms with Gasteiger partial charge in [0.1, 0.15) is 18.1 Å². The first-order valence-electron chi connectivity index (χ1n) is 9.85. The molecule has 0 spiro atoms. The Labute approximate surface area is 178 Å². The van der Waals surface area contributed by atoms with Crippen LogP contribution in [0.5, 0.6) is 5.75 Å². The maximum Gasteiger partial charge on any atom is 0.249 e. The minimum Gasteiger partial charge on any atom is -0.497 e. The number of methoxy groups -OCH3 is 1. The van der Waals surface area contributed by atoms with Crippen molar-refractivity contribution in [3.63, 3.8) is 0 Å². The van der Waals surface area contributed by atoms with E-state index in [-0.39, 0.29) is 23.6 Å². The van der Waals surface area contributed by atoms with Gasteiger partial charge in [0, 0.05) is 11.6 Å². The van der Waals surface area contributed by atoms with Crippen molar-refractivity contribution >= 4 is 17.7 Å². The zero-order valence-corrected chi connectivity index (χ0v) is 17.9. The summed E-state index contributed by atoms with van der Waals surface area (Å²) in [6, 6.07) is 7.23. The molecule has 1 aliphatic rings. The van der Waals surface area contributed by atoms with Gasteiger partial charge in [-0.15, -0.1) is 10.2 Å². The van der Waals surface area contributed by atoms with E-state index in [9.17, 15) is 4.79 Å². The van der Waals surface area contributed by atoms with E-state index in [0.717, 1.165) is 30.1 Å². The number of rotatable bonds is 9. The molecule has 0 bridgehead atoms. The molecule has 0 saturated heterocycles. The largest absolute Gasteiger partial charge is 0.497 e. The second kappa shape index (κ2) is 8.86. The Bertz CT molecular complexity index is 996. The lowest BCUT2D eigenvalue weighted by atomic mass is 10.0. The maximum absolute atomic E-state index is 12.6. The standard InChI is InChI=1S/C20H24N6O3S/c1-12(2)17(19-23-18(25-29-19)13-4-5-13)22-16(27)10-30-20-24-21-11-26(20)14-6-8-15(28-3)9-7-14/h6-9,11-13,17H,4-5,10H2,1-3H3,(H,22,27). The quantitative estimate of drug-likeness (QED) is 0.518. The molecule has 10 heteroatoms. The SMILES string of the molecule is COc1ccc(-n2cnnc2SCC(=O)NC(c2nc(C3CC3)no2)C(C)C)cc1. The number of aromatic nitrogens is 5. The highest BCUT2D eigenvalue weighted by Crippen LogP contribution is 2.38. The van der Waals surface area contributed by atoms with Gasteiger partial charge in [-0.1, -0.05) is 30.8 Å². The summed E-state index contributed by atoms with van der Waals surface area (Å²) < 4.78 is 12.4. The third-order valence-electron chi connectivity index (χ3n) is 4.85. The molecule has 1 saturated carbocycles. The summed E-state index contributed by atoms with van der Waals surface area (Å²) in [4.78, 5) is 17.1. The summed E-state index contributed by atoms with van der Waals surface area (Å²) in [7, 11) is 1.62. The Morgan fingerprint density at radius 1 is 1.33 bits per heavy atom. The molecule has 0 radical (unpaired) electrons. The van der Waals surface area contributed by atoms with Crippen molar-refractivity contribution in [2.75, 3.05) is 12.9 Å². The van der Waals surface area contributed by atoms with Crippen molar-refractivity contribution in [2.45, 2.75) is 43.8 Å². The fourth-order valence-electron chi connectivity index (χ4n) is 2.98. The van der Waals surface area contributed by atoms with E-state index < -0.39 is 0 Å². The van der Waals surface area contributed by atoms with Crippen molar-refractivity contribution in [3.8, 4) is 11.4 Å². The molecule has 2 heterocycles. The number of hydrogen-bond donors (Lipinski definition) is 1. The van der Waals surface area contributed by atoms with E-state index in [2.05, 4.69) is 25.7 Å². The van der Waals surface area contributed by atoms with Crippen LogP contribution in [-0.4, -0.2) is 43.7 Å². The summed E-state index contributed by atoms with van der Waals surface area (Å²) >= 11 is 1.32. The molecule has 1 aliphatic carbocycles. The second-order valence-electron chi connectivity index (χ2n) is 7.52. The number of nitrogens with one attached hydrogen (secondary N) is 1. The van der Waals surface area contributed by atoms with Crippen LogP contribution in [0.3, 0.4) is 0 Å². The molecule has 158 valence electrons. The maximum atomic E-state index is 12.6. The molecule has 1 amide bonds. The lowest BCUT2D eigenvalue weighted by Crippen LogP contribution is -2.33. The molecule has 4 rings (SSSR count). The van der Waals surface area contributed by atoms with Gasteiger partial charge in [0.2, 0.25) is 11.8 Å². The van der Waals surface area contributed by atoms with E-state index in [1.807, 2.05) is 42.7 Å². The Kier molecular flexibility index (Phi) is 6.03. The Morgan fingerprint density at radius 3 is 2.77 bits per heavy atom. The van der Waals surface area contributed by atoms with Gasteiger partial charge < -0.3 is 14.6 Å². The number of thioether (sulfide) groups is 1. The van der Waals surface area contributed by atoms with Crippen LogP contribution in [0.4, 0.5) is 0 Å². The van der Waals surface area contributed by atoms with Crippen LogP contribution in [0, 0.1) is 5.92 Å². The number of hydrogen-bond acceptors (Lipinski definition) is 8. The molecular weight excluding hydrogens is 404 g/mol. The van der Waals surface area contributed by atoms with Crippen LogP contribution in [0.15, 0.2) is 40.3 Å². The van der Waals surface area contributed by atoms with E-state index in [4.69, 9.17) is 9.26 Å². The highest BCUT2D eigenvalue weighted by atomic mass is 32.2. The van der Waals surface area contributed by atoms with E-state index in [1.165, 1.54) is 11.8 Å². The zero-order chi connectivity index (χ0) is 21.1. The summed E-state index contributed by atoms with van der Waals surface area (Å²) in [5.41, 5.74) is 0.891. The molecular formula is C20H24N6O3S. The van der Waals surface area contributed by atoms with Gasteiger partial charge in [-0.05, 0) is 43.0 Å². The van der Waals surface area contributed by atoms with Gasteiger partial charge >= 0.3 is 0 Å². The number of benzene rings is 1. The van der Waals surface area contributed by atoms with Crippen LogP contribution in [0.2, 0.25) is 0 Å². The van der Waals surface area contributed by atoms with Gasteiger partial charge in [0.25, 0.3) is 0 Å². The fourth-order valence-corrected chi connectivity index (χ4v) is 3.72. The molecule has 30 heavy (non-hydrogen) atoms. The van der Waals surface area contributed by atoms with Crippen LogP contribution >= 0.6 is 11.8 Å². The summed E-state index contributed by atoms with van der Waals surface area (Å²) in [5, 5.41) is 15.8. The highest BCUT2D eigenvalue weighted by Gasteiger charge is 2.31. The van der Waals surface area contributed by atoms with Crippen LogP contribution in [0.1, 0.15) is 50.4 Å².